The van der Waals surface area contributed by atoms with Gasteiger partial charge in [0.15, 0.2) is 6.26 Å². The quantitative estimate of drug-likeness (QED) is 0.504. The number of aromatic hydroxyl groups is 1. The van der Waals surface area contributed by atoms with E-state index in [1.165, 1.54) is 7.05 Å². The number of nitrogens with zero attached hydrogens (tertiary/aromatic N) is 1. The lowest BCUT2D eigenvalue weighted by Crippen LogP contribution is -2.07. The molecule has 0 saturated carbocycles. The Balaban J connectivity index is 3.41. The fraction of sp³-hybridized carbons (Fsp3) is 0.250. The van der Waals surface area contributed by atoms with Crippen molar-refractivity contribution in [3.8, 4) is 5.88 Å². The number of hydrogen-bond donors (Lipinski definition) is 1. The molecule has 0 spiro atoms. The standard InChI is InChI=1S/C4H5NO3/c1-5-3(6)2-8-4(5)7/h2,6H,1H3. The molecule has 0 fully saturated rings. The molecule has 1 heterocycles. The summed E-state index contributed by atoms with van der Waals surface area (Å²) in [6.07, 6.45) is 0.988. The van der Waals surface area contributed by atoms with E-state index in [0.717, 1.165) is 10.8 Å². The summed E-state index contributed by atoms with van der Waals surface area (Å²) in [5.74, 6) is -0.711. The van der Waals surface area contributed by atoms with Crippen LogP contribution in [0.2, 0.25) is 0 Å². The molecule has 1 N–H and O–H groups in total. The molecule has 1 aromatic heterocycles. The average Bonchev–Trinajstić information content (AvgIpc) is 1.98. The third-order valence-corrected chi connectivity index (χ3v) is 0.883. The van der Waals surface area contributed by atoms with Gasteiger partial charge in [-0.3, -0.25) is 0 Å². The largest absolute Gasteiger partial charge is 0.492 e. The highest BCUT2D eigenvalue weighted by Crippen LogP contribution is 1.99. The number of aromatic nitrogens is 1. The molecule has 0 aliphatic carbocycles. The molecule has 4 nitrogen and oxygen atoms in total. The maximum Gasteiger partial charge on any atom is 0.421 e. The number of hydrogen-bond acceptors (Lipinski definition) is 3. The fourth-order valence-corrected chi connectivity index (χ4v) is 0.355. The predicted octanol–water partition coefficient (Wildman–Crippen LogP) is -0.316. The van der Waals surface area contributed by atoms with Gasteiger partial charge in [-0.15, -0.1) is 0 Å². The minimum absolute atomic E-state index is 0.157. The van der Waals surface area contributed by atoms with Crippen molar-refractivity contribution < 1.29 is 9.52 Å². The van der Waals surface area contributed by atoms with E-state index in [1.807, 2.05) is 0 Å². The predicted molar refractivity (Wildman–Crippen MR) is 25.6 cm³/mol. The van der Waals surface area contributed by atoms with Crippen LogP contribution in [-0.4, -0.2) is 9.67 Å². The molecule has 0 aliphatic rings. The third kappa shape index (κ3) is 0.501. The van der Waals surface area contributed by atoms with Crippen LogP contribution in [0, 0.1) is 0 Å². The van der Waals surface area contributed by atoms with E-state index in [0.29, 0.717) is 0 Å². The monoisotopic (exact) mass is 115 g/mol. The SMILES string of the molecule is Cn1c(O)coc1=O. The summed E-state index contributed by atoms with van der Waals surface area (Å²) in [7, 11) is 1.42. The van der Waals surface area contributed by atoms with Gasteiger partial charge in [0.05, 0.1) is 0 Å². The Labute approximate surface area is 45.0 Å². The van der Waals surface area contributed by atoms with E-state index in [2.05, 4.69) is 4.42 Å². The highest BCUT2D eigenvalue weighted by atomic mass is 16.4. The van der Waals surface area contributed by atoms with Crippen molar-refractivity contribution in [2.75, 3.05) is 0 Å². The van der Waals surface area contributed by atoms with Crippen molar-refractivity contribution >= 4 is 0 Å². The zero-order valence-corrected chi connectivity index (χ0v) is 4.29. The summed E-state index contributed by atoms with van der Waals surface area (Å²) in [5, 5.41) is 8.61. The molecule has 0 bridgehead atoms. The molecule has 0 aromatic carbocycles. The van der Waals surface area contributed by atoms with Crippen molar-refractivity contribution in [1.29, 1.82) is 0 Å². The van der Waals surface area contributed by atoms with Gasteiger partial charge >= 0.3 is 5.76 Å². The van der Waals surface area contributed by atoms with Gasteiger partial charge in [0.25, 0.3) is 0 Å². The van der Waals surface area contributed by atoms with Gasteiger partial charge in [0, 0.05) is 7.05 Å². The summed E-state index contributed by atoms with van der Waals surface area (Å²) < 4.78 is 5.25. The Kier molecular flexibility index (Phi) is 0.865. The molecule has 4 heteroatoms. The molecule has 0 atom stereocenters. The zero-order chi connectivity index (χ0) is 6.15. The van der Waals surface area contributed by atoms with Gasteiger partial charge < -0.3 is 9.52 Å². The fourth-order valence-electron chi connectivity index (χ4n) is 0.355. The van der Waals surface area contributed by atoms with Crippen LogP contribution in [0.1, 0.15) is 0 Å². The van der Waals surface area contributed by atoms with E-state index >= 15 is 0 Å². The number of oxazole rings is 1. The highest BCUT2D eigenvalue weighted by Gasteiger charge is 1.97. The second kappa shape index (κ2) is 1.40. The minimum atomic E-state index is -0.553. The molecule has 44 valence electrons. The first kappa shape index (κ1) is 4.96. The molecular formula is C4H5NO3. The molecule has 8 heavy (non-hydrogen) atoms. The molecule has 1 aromatic rings. The number of rotatable bonds is 0. The lowest BCUT2D eigenvalue weighted by molar-refractivity contribution is 0.429. The van der Waals surface area contributed by atoms with Crippen LogP contribution in [0.5, 0.6) is 5.88 Å². The lowest BCUT2D eigenvalue weighted by atomic mass is 10.8. The Morgan fingerprint density at radius 1 is 1.88 bits per heavy atom. The van der Waals surface area contributed by atoms with E-state index < -0.39 is 5.76 Å². The van der Waals surface area contributed by atoms with Crippen LogP contribution in [0.3, 0.4) is 0 Å². The average molecular weight is 115 g/mol. The normalized spacial score (nSPS) is 9.62. The first-order chi connectivity index (χ1) is 3.72. The van der Waals surface area contributed by atoms with Crippen LogP contribution >= 0.6 is 0 Å². The molecule has 0 saturated heterocycles. The van der Waals surface area contributed by atoms with Crippen molar-refractivity contribution in [3.63, 3.8) is 0 Å². The van der Waals surface area contributed by atoms with Crippen molar-refractivity contribution in [2.45, 2.75) is 0 Å². The summed E-state index contributed by atoms with van der Waals surface area (Å²) in [6.45, 7) is 0. The van der Waals surface area contributed by atoms with Crippen molar-refractivity contribution in [3.05, 3.63) is 16.8 Å². The minimum Gasteiger partial charge on any atom is -0.492 e. The topological polar surface area (TPSA) is 55.4 Å². The first-order valence-electron chi connectivity index (χ1n) is 2.05. The maximum absolute atomic E-state index is 10.3. The van der Waals surface area contributed by atoms with Crippen LogP contribution in [0.15, 0.2) is 15.5 Å². The van der Waals surface area contributed by atoms with E-state index in [-0.39, 0.29) is 5.88 Å². The molecule has 0 radical (unpaired) electrons. The van der Waals surface area contributed by atoms with E-state index in [9.17, 15) is 4.79 Å². The van der Waals surface area contributed by atoms with Gasteiger partial charge in [-0.2, -0.15) is 0 Å². The van der Waals surface area contributed by atoms with Crippen molar-refractivity contribution in [1.82, 2.24) is 4.57 Å². The molecule has 0 amide bonds. The van der Waals surface area contributed by atoms with Gasteiger partial charge in [-0.25, -0.2) is 9.36 Å². The highest BCUT2D eigenvalue weighted by molar-refractivity contribution is 4.97. The Hall–Kier alpha value is -1.19. The molecule has 0 aliphatic heterocycles. The Morgan fingerprint density at radius 2 is 2.50 bits per heavy atom. The van der Waals surface area contributed by atoms with Gasteiger partial charge in [0.1, 0.15) is 0 Å². The molecular weight excluding hydrogens is 110 g/mol. The summed E-state index contributed by atoms with van der Waals surface area (Å²) in [5.41, 5.74) is 0. The maximum atomic E-state index is 10.3. The Morgan fingerprint density at radius 3 is 2.62 bits per heavy atom. The van der Waals surface area contributed by atoms with Gasteiger partial charge in [0.2, 0.25) is 5.88 Å². The second-order valence-corrected chi connectivity index (χ2v) is 1.42. The molecule has 0 unspecified atom stereocenters. The van der Waals surface area contributed by atoms with Gasteiger partial charge in [-0.05, 0) is 0 Å². The van der Waals surface area contributed by atoms with Gasteiger partial charge in [-0.1, -0.05) is 0 Å². The summed E-state index contributed by atoms with van der Waals surface area (Å²) in [6, 6.07) is 0. The summed E-state index contributed by atoms with van der Waals surface area (Å²) >= 11 is 0. The van der Waals surface area contributed by atoms with Crippen LogP contribution in [-0.2, 0) is 7.05 Å². The molecule has 1 rings (SSSR count). The smallest absolute Gasteiger partial charge is 0.421 e. The van der Waals surface area contributed by atoms with E-state index in [1.54, 1.807) is 0 Å². The van der Waals surface area contributed by atoms with Crippen molar-refractivity contribution in [2.24, 2.45) is 7.05 Å². The Bertz CT molecular complexity index is 234. The zero-order valence-electron chi connectivity index (χ0n) is 4.29. The van der Waals surface area contributed by atoms with E-state index in [4.69, 9.17) is 5.11 Å². The first-order valence-corrected chi connectivity index (χ1v) is 2.05. The van der Waals surface area contributed by atoms with Crippen LogP contribution < -0.4 is 5.76 Å². The van der Waals surface area contributed by atoms with Crippen LogP contribution in [0.25, 0.3) is 0 Å². The second-order valence-electron chi connectivity index (χ2n) is 1.42. The summed E-state index contributed by atoms with van der Waals surface area (Å²) in [4.78, 5) is 10.3. The third-order valence-electron chi connectivity index (χ3n) is 0.883. The lowest BCUT2D eigenvalue weighted by Gasteiger charge is -1.82. The van der Waals surface area contributed by atoms with Crippen LogP contribution in [0.4, 0.5) is 0 Å².